The van der Waals surface area contributed by atoms with E-state index in [2.05, 4.69) is 22.6 Å². The summed E-state index contributed by atoms with van der Waals surface area (Å²) in [7, 11) is 0. The number of carboxylic acid groups (broad SMARTS) is 1. The molecule has 0 heterocycles. The number of hydrogen-bond donors (Lipinski definition) is 1. The van der Waals surface area contributed by atoms with Crippen molar-refractivity contribution in [2.45, 2.75) is 6.42 Å². The third-order valence-electron chi connectivity index (χ3n) is 1.27. The molecular formula is C8H7IO2. The maximum absolute atomic E-state index is 10.3. The van der Waals surface area contributed by atoms with Gasteiger partial charge in [0.25, 0.3) is 0 Å². The lowest BCUT2D eigenvalue weighted by atomic mass is 10.2. The predicted molar refractivity (Wildman–Crippen MR) is 50.5 cm³/mol. The van der Waals surface area contributed by atoms with Crippen molar-refractivity contribution in [3.63, 3.8) is 0 Å². The molecule has 0 aliphatic carbocycles. The van der Waals surface area contributed by atoms with Crippen molar-refractivity contribution in [2.24, 2.45) is 0 Å². The number of carboxylic acids is 1. The highest BCUT2D eigenvalue weighted by Crippen LogP contribution is 2.06. The van der Waals surface area contributed by atoms with Crippen molar-refractivity contribution in [1.29, 1.82) is 0 Å². The highest BCUT2D eigenvalue weighted by atomic mass is 131. The molecule has 0 aromatic heterocycles. The van der Waals surface area contributed by atoms with Gasteiger partial charge in [0.2, 0.25) is 0 Å². The Hall–Kier alpha value is -0.580. The van der Waals surface area contributed by atoms with E-state index in [-0.39, 0.29) is 6.42 Å². The van der Waals surface area contributed by atoms with Gasteiger partial charge in [0.1, 0.15) is 0 Å². The molecule has 0 saturated carbocycles. The summed E-state index contributed by atoms with van der Waals surface area (Å²) in [5, 5.41) is 8.43. The summed E-state index contributed by atoms with van der Waals surface area (Å²) in [5.41, 5.74) is 0.845. The van der Waals surface area contributed by atoms with Gasteiger partial charge in [-0.1, -0.05) is 12.1 Å². The van der Waals surface area contributed by atoms with Crippen molar-refractivity contribution in [3.05, 3.63) is 33.4 Å². The number of halogens is 1. The monoisotopic (exact) mass is 266 g/mol. The van der Waals surface area contributed by atoms with Crippen LogP contribution in [-0.2, 0) is 11.2 Å². The second-order valence-corrected chi connectivity index (χ2v) is 3.44. The Kier molecular flexibility index (Phi) is 2.87. The van der Waals surface area contributed by atoms with Crippen molar-refractivity contribution in [1.82, 2.24) is 0 Å². The Morgan fingerprint density at radius 2 is 1.91 bits per heavy atom. The molecule has 0 fully saturated rings. The van der Waals surface area contributed by atoms with Gasteiger partial charge in [0, 0.05) is 3.57 Å². The van der Waals surface area contributed by atoms with Crippen LogP contribution in [0.15, 0.2) is 24.3 Å². The molecule has 1 aromatic carbocycles. The van der Waals surface area contributed by atoms with E-state index < -0.39 is 5.97 Å². The minimum absolute atomic E-state index is 0.108. The summed E-state index contributed by atoms with van der Waals surface area (Å²) in [5.74, 6) is -0.786. The van der Waals surface area contributed by atoms with Gasteiger partial charge in [-0.2, -0.15) is 0 Å². The van der Waals surface area contributed by atoms with E-state index in [1.807, 2.05) is 24.3 Å². The van der Waals surface area contributed by atoms with Crippen molar-refractivity contribution < 1.29 is 9.90 Å². The summed E-state index contributed by atoms with van der Waals surface area (Å²) in [6.07, 6.45) is 0.108. The fourth-order valence-corrected chi connectivity index (χ4v) is 1.14. The summed E-state index contributed by atoms with van der Waals surface area (Å²) in [6, 6.07) is 7.46. The Morgan fingerprint density at radius 3 is 2.36 bits per heavy atom. The average molecular weight is 266 g/mol. The molecule has 0 aliphatic rings. The molecule has 0 amide bonds. The van der Waals surface area contributed by atoms with Crippen molar-refractivity contribution in [3.8, 4) is 0 Å². The van der Waals surface area contributed by atoms with E-state index in [0.29, 0.717) is 0 Å². The van der Waals surface area contributed by atoms with Gasteiger partial charge in [-0.05, 0) is 40.3 Å². The molecule has 0 radical (unpaired) electrons. The van der Waals surface area contributed by atoms with Crippen LogP contribution >= 0.6 is 22.6 Å². The molecule has 1 rings (SSSR count). The van der Waals surface area contributed by atoms with Crippen molar-refractivity contribution >= 4 is 28.6 Å². The van der Waals surface area contributed by atoms with Gasteiger partial charge in [0.15, 0.2) is 0 Å². The molecule has 58 valence electrons. The first kappa shape index (κ1) is 8.52. The van der Waals surface area contributed by atoms with Gasteiger partial charge < -0.3 is 5.11 Å². The zero-order valence-corrected chi connectivity index (χ0v) is 7.91. The average Bonchev–Trinajstić information content (AvgIpc) is 1.93. The smallest absolute Gasteiger partial charge is 0.307 e. The lowest BCUT2D eigenvalue weighted by Crippen LogP contribution is -1.99. The molecule has 0 unspecified atom stereocenters. The van der Waals surface area contributed by atoms with Gasteiger partial charge in [-0.3, -0.25) is 4.79 Å². The van der Waals surface area contributed by atoms with Crippen LogP contribution in [-0.4, -0.2) is 11.1 Å². The largest absolute Gasteiger partial charge is 0.481 e. The number of benzene rings is 1. The first-order chi connectivity index (χ1) is 5.18. The van der Waals surface area contributed by atoms with Gasteiger partial charge in [0.05, 0.1) is 6.42 Å². The Labute approximate surface area is 78.4 Å². The summed E-state index contributed by atoms with van der Waals surface area (Å²) >= 11 is 2.18. The van der Waals surface area contributed by atoms with E-state index in [4.69, 9.17) is 5.11 Å². The quantitative estimate of drug-likeness (QED) is 0.830. The molecule has 0 aliphatic heterocycles. The minimum Gasteiger partial charge on any atom is -0.481 e. The van der Waals surface area contributed by atoms with E-state index in [9.17, 15) is 4.79 Å². The molecule has 11 heavy (non-hydrogen) atoms. The highest BCUT2D eigenvalue weighted by molar-refractivity contribution is 14.1. The molecule has 0 atom stereocenters. The van der Waals surface area contributed by atoms with Gasteiger partial charge in [-0.25, -0.2) is 0 Å². The molecule has 0 spiro atoms. The standard InChI is InChI=1S/C8H7IO2/c9-7-3-1-6(2-4-7)5-8(10)11/h1-4H,5H2,(H,10,11)/i9+4. The fraction of sp³-hybridized carbons (Fsp3) is 0.125. The third-order valence-corrected chi connectivity index (χ3v) is 1.99. The number of rotatable bonds is 2. The second-order valence-electron chi connectivity index (χ2n) is 2.20. The van der Waals surface area contributed by atoms with Crippen LogP contribution in [0, 0.1) is 3.57 Å². The van der Waals surface area contributed by atoms with Crippen LogP contribution < -0.4 is 0 Å². The fourth-order valence-electron chi connectivity index (χ4n) is 0.777. The minimum atomic E-state index is -0.786. The van der Waals surface area contributed by atoms with Crippen LogP contribution in [0.2, 0.25) is 0 Å². The lowest BCUT2D eigenvalue weighted by molar-refractivity contribution is -0.136. The summed E-state index contributed by atoms with van der Waals surface area (Å²) < 4.78 is 1.12. The molecule has 0 bridgehead atoms. The van der Waals surface area contributed by atoms with E-state index >= 15 is 0 Å². The third kappa shape index (κ3) is 2.88. The zero-order valence-electron chi connectivity index (χ0n) is 5.75. The number of carbonyl (C=O) groups is 1. The molecule has 1 N–H and O–H groups in total. The summed E-state index contributed by atoms with van der Waals surface area (Å²) in [6.45, 7) is 0. The highest BCUT2D eigenvalue weighted by Gasteiger charge is 1.98. The number of aliphatic carboxylic acids is 1. The SMILES string of the molecule is O=C(O)Cc1ccc([131I])cc1. The Bertz CT molecular complexity index is 253. The van der Waals surface area contributed by atoms with Crippen LogP contribution in [0.1, 0.15) is 5.56 Å². The Balaban J connectivity index is 2.74. The first-order valence-electron chi connectivity index (χ1n) is 3.15. The Morgan fingerprint density at radius 1 is 1.36 bits per heavy atom. The van der Waals surface area contributed by atoms with Crippen molar-refractivity contribution in [2.75, 3.05) is 0 Å². The van der Waals surface area contributed by atoms with Gasteiger partial charge >= 0.3 is 5.97 Å². The topological polar surface area (TPSA) is 37.3 Å². The number of hydrogen-bond acceptors (Lipinski definition) is 1. The molecule has 1 aromatic rings. The van der Waals surface area contributed by atoms with E-state index in [0.717, 1.165) is 9.13 Å². The summed E-state index contributed by atoms with van der Waals surface area (Å²) in [4.78, 5) is 10.3. The maximum Gasteiger partial charge on any atom is 0.307 e. The molecule has 2 nitrogen and oxygen atoms in total. The van der Waals surface area contributed by atoms with Gasteiger partial charge in [-0.15, -0.1) is 0 Å². The molecular weight excluding hydrogens is 259 g/mol. The maximum atomic E-state index is 10.3. The van der Waals surface area contributed by atoms with Crippen LogP contribution in [0.3, 0.4) is 0 Å². The predicted octanol–water partition coefficient (Wildman–Crippen LogP) is 1.92. The normalized spacial score (nSPS) is 9.55. The van der Waals surface area contributed by atoms with E-state index in [1.165, 1.54) is 0 Å². The zero-order chi connectivity index (χ0) is 8.27. The van der Waals surface area contributed by atoms with Crippen LogP contribution in [0.25, 0.3) is 0 Å². The molecule has 3 heteroatoms. The van der Waals surface area contributed by atoms with Crippen LogP contribution in [0.4, 0.5) is 0 Å². The molecule has 0 saturated heterocycles. The first-order valence-corrected chi connectivity index (χ1v) is 4.22. The second kappa shape index (κ2) is 3.71. The van der Waals surface area contributed by atoms with Crippen LogP contribution in [0.5, 0.6) is 0 Å². The van der Waals surface area contributed by atoms with E-state index in [1.54, 1.807) is 0 Å². The lowest BCUT2D eigenvalue weighted by Gasteiger charge is -1.95.